The maximum Gasteiger partial charge on any atom is 0.0998 e. The zero-order chi connectivity index (χ0) is 10.6. The van der Waals surface area contributed by atoms with Gasteiger partial charge in [0.15, 0.2) is 0 Å². The lowest BCUT2D eigenvalue weighted by Gasteiger charge is -2.07. The molecule has 0 bridgehead atoms. The molecule has 0 heterocycles. The third-order valence-corrected chi connectivity index (χ3v) is 2.07. The molecule has 0 N–H and O–H groups in total. The monoisotopic (exact) mass is 181 g/mol. The summed E-state index contributed by atoms with van der Waals surface area (Å²) in [6, 6.07) is 5.74. The van der Waals surface area contributed by atoms with Gasteiger partial charge in [0.2, 0.25) is 0 Å². The van der Waals surface area contributed by atoms with E-state index in [1.54, 1.807) is 24.3 Å². The van der Waals surface area contributed by atoms with Crippen molar-refractivity contribution in [3.63, 3.8) is 0 Å². The Morgan fingerprint density at radius 3 is 2.07 bits per heavy atom. The lowest BCUT2D eigenvalue weighted by Crippen LogP contribution is -1.90. The van der Waals surface area contributed by atoms with Crippen molar-refractivity contribution in [3.8, 4) is 6.07 Å². The highest BCUT2D eigenvalue weighted by Crippen LogP contribution is 2.22. The Bertz CT molecular complexity index is 433. The molecule has 0 amide bonds. The van der Waals surface area contributed by atoms with Crippen LogP contribution < -0.4 is 0 Å². The van der Waals surface area contributed by atoms with E-state index < -0.39 is 0 Å². The van der Waals surface area contributed by atoms with Gasteiger partial charge in [-0.3, -0.25) is 0 Å². The zero-order valence-corrected chi connectivity index (χ0v) is 7.96. The van der Waals surface area contributed by atoms with E-state index >= 15 is 0 Å². The molecule has 0 spiro atoms. The first-order valence-electron chi connectivity index (χ1n) is 4.23. The maximum absolute atomic E-state index is 8.88. The quantitative estimate of drug-likeness (QED) is 0.700. The van der Waals surface area contributed by atoms with Gasteiger partial charge < -0.3 is 0 Å². The molecule has 1 nitrogen and oxygen atoms in total. The zero-order valence-electron chi connectivity index (χ0n) is 7.96. The average molecular weight is 181 g/mol. The van der Waals surface area contributed by atoms with E-state index in [4.69, 9.17) is 5.26 Å². The SMILES string of the molecule is C=Cc1ccc(C#N)c(C=C)c1C=C. The summed E-state index contributed by atoms with van der Waals surface area (Å²) >= 11 is 0. The minimum absolute atomic E-state index is 0.612. The van der Waals surface area contributed by atoms with Gasteiger partial charge in [-0.25, -0.2) is 0 Å². The highest BCUT2D eigenvalue weighted by Gasteiger charge is 2.05. The molecule has 1 aromatic rings. The molecule has 0 aromatic heterocycles. The molecule has 1 aromatic carbocycles. The molecule has 0 aliphatic carbocycles. The molecular weight excluding hydrogens is 170 g/mol. The number of nitrogens with zero attached hydrogens (tertiary/aromatic N) is 1. The predicted octanol–water partition coefficient (Wildman–Crippen LogP) is 3.49. The standard InChI is InChI=1S/C13H11N/c1-4-10-7-8-11(9-14)13(6-3)12(10)5-2/h4-8H,1-3H2. The van der Waals surface area contributed by atoms with Crippen molar-refractivity contribution in [2.24, 2.45) is 0 Å². The molecular formula is C13H11N. The Morgan fingerprint density at radius 2 is 1.64 bits per heavy atom. The molecule has 0 saturated heterocycles. The van der Waals surface area contributed by atoms with Gasteiger partial charge >= 0.3 is 0 Å². The summed E-state index contributed by atoms with van der Waals surface area (Å²) in [5, 5.41) is 8.88. The highest BCUT2D eigenvalue weighted by atomic mass is 14.2. The van der Waals surface area contributed by atoms with Gasteiger partial charge in [0.1, 0.15) is 0 Å². The van der Waals surface area contributed by atoms with Gasteiger partial charge in [-0.05, 0) is 22.8 Å². The van der Waals surface area contributed by atoms with Crippen molar-refractivity contribution in [2.45, 2.75) is 0 Å². The smallest absolute Gasteiger partial charge is 0.0998 e. The summed E-state index contributed by atoms with van der Waals surface area (Å²) in [4.78, 5) is 0. The van der Waals surface area contributed by atoms with E-state index in [0.717, 1.165) is 16.7 Å². The first-order chi connectivity index (χ1) is 6.78. The van der Waals surface area contributed by atoms with E-state index in [1.807, 2.05) is 6.07 Å². The summed E-state index contributed by atoms with van der Waals surface area (Å²) in [6.07, 6.45) is 5.13. The van der Waals surface area contributed by atoms with Crippen molar-refractivity contribution in [3.05, 3.63) is 54.1 Å². The maximum atomic E-state index is 8.88. The number of nitriles is 1. The van der Waals surface area contributed by atoms with Crippen LogP contribution in [-0.4, -0.2) is 0 Å². The number of rotatable bonds is 3. The molecule has 1 rings (SSSR count). The lowest BCUT2D eigenvalue weighted by atomic mass is 9.96. The molecule has 0 atom stereocenters. The minimum atomic E-state index is 0.612. The fourth-order valence-corrected chi connectivity index (χ4v) is 1.38. The van der Waals surface area contributed by atoms with E-state index in [-0.39, 0.29) is 0 Å². The molecule has 0 fully saturated rings. The second kappa shape index (κ2) is 4.25. The topological polar surface area (TPSA) is 23.8 Å². The minimum Gasteiger partial charge on any atom is -0.192 e. The second-order valence-corrected chi connectivity index (χ2v) is 2.75. The van der Waals surface area contributed by atoms with Crippen molar-refractivity contribution >= 4 is 18.2 Å². The van der Waals surface area contributed by atoms with Crippen LogP contribution in [0.1, 0.15) is 22.3 Å². The van der Waals surface area contributed by atoms with Crippen LogP contribution >= 0.6 is 0 Å². The Kier molecular flexibility index (Phi) is 3.04. The van der Waals surface area contributed by atoms with Gasteiger partial charge in [-0.2, -0.15) is 5.26 Å². The summed E-state index contributed by atoms with van der Waals surface area (Å²) in [5.41, 5.74) is 3.31. The Balaban J connectivity index is 3.61. The second-order valence-electron chi connectivity index (χ2n) is 2.75. The van der Waals surface area contributed by atoms with E-state index in [0.29, 0.717) is 5.56 Å². The van der Waals surface area contributed by atoms with Gasteiger partial charge in [-0.15, -0.1) is 0 Å². The number of hydrogen-bond donors (Lipinski definition) is 0. The fourth-order valence-electron chi connectivity index (χ4n) is 1.38. The predicted molar refractivity (Wildman–Crippen MR) is 61.4 cm³/mol. The van der Waals surface area contributed by atoms with Crippen molar-refractivity contribution in [2.75, 3.05) is 0 Å². The summed E-state index contributed by atoms with van der Waals surface area (Å²) < 4.78 is 0. The molecule has 1 heteroatoms. The molecule has 0 aliphatic rings. The van der Waals surface area contributed by atoms with Crippen molar-refractivity contribution in [1.29, 1.82) is 5.26 Å². The molecule has 68 valence electrons. The molecule has 0 radical (unpaired) electrons. The first-order valence-corrected chi connectivity index (χ1v) is 4.23. The highest BCUT2D eigenvalue weighted by molar-refractivity contribution is 5.75. The number of hydrogen-bond acceptors (Lipinski definition) is 1. The first kappa shape index (κ1) is 10.0. The van der Waals surface area contributed by atoms with E-state index in [9.17, 15) is 0 Å². The van der Waals surface area contributed by atoms with Crippen LogP contribution in [0, 0.1) is 11.3 Å². The molecule has 0 aliphatic heterocycles. The van der Waals surface area contributed by atoms with Crippen molar-refractivity contribution < 1.29 is 0 Å². The van der Waals surface area contributed by atoms with Crippen LogP contribution in [0.5, 0.6) is 0 Å². The van der Waals surface area contributed by atoms with Gasteiger partial charge in [-0.1, -0.05) is 44.0 Å². The van der Waals surface area contributed by atoms with Crippen molar-refractivity contribution in [1.82, 2.24) is 0 Å². The van der Waals surface area contributed by atoms with Crippen LogP contribution in [0.4, 0.5) is 0 Å². The molecule has 14 heavy (non-hydrogen) atoms. The van der Waals surface area contributed by atoms with Crippen LogP contribution in [0.3, 0.4) is 0 Å². The lowest BCUT2D eigenvalue weighted by molar-refractivity contribution is 1.45. The summed E-state index contributed by atoms with van der Waals surface area (Å²) in [7, 11) is 0. The average Bonchev–Trinajstić information content (AvgIpc) is 2.26. The van der Waals surface area contributed by atoms with Crippen LogP contribution in [0.2, 0.25) is 0 Å². The van der Waals surface area contributed by atoms with Gasteiger partial charge in [0.05, 0.1) is 11.6 Å². The van der Waals surface area contributed by atoms with E-state index in [2.05, 4.69) is 25.8 Å². The van der Waals surface area contributed by atoms with Crippen LogP contribution in [0.25, 0.3) is 18.2 Å². The Hall–Kier alpha value is -2.07. The van der Waals surface area contributed by atoms with Gasteiger partial charge in [0, 0.05) is 0 Å². The Morgan fingerprint density at radius 1 is 1.00 bits per heavy atom. The summed E-state index contributed by atoms with van der Waals surface area (Å²) in [6.45, 7) is 11.1. The third kappa shape index (κ3) is 1.51. The van der Waals surface area contributed by atoms with Gasteiger partial charge in [0.25, 0.3) is 0 Å². The van der Waals surface area contributed by atoms with E-state index in [1.165, 1.54) is 0 Å². The third-order valence-electron chi connectivity index (χ3n) is 2.07. The fraction of sp³-hybridized carbons (Fsp3) is 0. The molecule has 0 unspecified atom stereocenters. The molecule has 0 saturated carbocycles. The van der Waals surface area contributed by atoms with Crippen LogP contribution in [0.15, 0.2) is 31.9 Å². The summed E-state index contributed by atoms with van der Waals surface area (Å²) in [5.74, 6) is 0. The number of benzene rings is 1. The Labute approximate surface area is 84.3 Å². The normalized spacial score (nSPS) is 8.79. The van der Waals surface area contributed by atoms with Crippen LogP contribution in [-0.2, 0) is 0 Å². The largest absolute Gasteiger partial charge is 0.192 e.